The number of methoxy groups -OCH3 is 1. The number of benzene rings is 2. The number of nitrogens with zero attached hydrogens (tertiary/aromatic N) is 2. The van der Waals surface area contributed by atoms with Crippen LogP contribution in [0.5, 0.6) is 5.75 Å². The Hall–Kier alpha value is -3.02. The Kier molecular flexibility index (Phi) is 8.14. The van der Waals surface area contributed by atoms with Crippen LogP contribution in [-0.2, 0) is 26.0 Å². The van der Waals surface area contributed by atoms with Crippen LogP contribution in [0.25, 0.3) is 0 Å². The quantitative estimate of drug-likeness (QED) is 0.534. The molecule has 0 aromatic heterocycles. The minimum Gasteiger partial charge on any atom is -0.496 e. The Morgan fingerprint density at radius 3 is 2.54 bits per heavy atom. The second-order valence-corrected chi connectivity index (χ2v) is 10.4. The van der Waals surface area contributed by atoms with Gasteiger partial charge >= 0.3 is 6.03 Å². The third kappa shape index (κ3) is 5.63. The van der Waals surface area contributed by atoms with Crippen LogP contribution < -0.4 is 15.8 Å². The average molecular weight is 543 g/mol. The van der Waals surface area contributed by atoms with Crippen molar-refractivity contribution < 1.29 is 27.5 Å². The van der Waals surface area contributed by atoms with Crippen LogP contribution >= 0.6 is 23.2 Å². The van der Waals surface area contributed by atoms with Crippen LogP contribution in [0.1, 0.15) is 12.5 Å². The maximum atomic E-state index is 13.6. The predicted octanol–water partition coefficient (Wildman–Crippen LogP) is 2.53. The van der Waals surface area contributed by atoms with Gasteiger partial charge in [-0.05, 0) is 55.3 Å². The molecule has 0 aliphatic carbocycles. The zero-order valence-electron chi connectivity index (χ0n) is 19.0. The van der Waals surface area contributed by atoms with Crippen molar-refractivity contribution in [2.45, 2.75) is 18.2 Å². The molecule has 10 nitrogen and oxygen atoms in total. The topological polar surface area (TPSA) is 139 Å². The van der Waals surface area contributed by atoms with E-state index in [1.165, 1.54) is 19.2 Å². The zero-order valence-corrected chi connectivity index (χ0v) is 21.3. The molecular formula is C22H24Cl2N4O6S. The van der Waals surface area contributed by atoms with Gasteiger partial charge in [0.1, 0.15) is 12.3 Å². The molecule has 1 aliphatic heterocycles. The second-order valence-electron chi connectivity index (χ2n) is 7.73. The normalized spacial score (nSPS) is 16.7. The van der Waals surface area contributed by atoms with Gasteiger partial charge in [-0.15, -0.1) is 0 Å². The summed E-state index contributed by atoms with van der Waals surface area (Å²) in [6.45, 7) is 0.703. The van der Waals surface area contributed by atoms with Crippen molar-refractivity contribution in [1.82, 2.24) is 14.5 Å². The number of carbonyl (C=O) groups is 3. The molecule has 0 saturated carbocycles. The van der Waals surface area contributed by atoms with E-state index in [1.54, 1.807) is 25.1 Å². The largest absolute Gasteiger partial charge is 0.496 e. The van der Waals surface area contributed by atoms with Crippen molar-refractivity contribution in [3.63, 3.8) is 0 Å². The number of amides is 4. The number of imide groups is 1. The Labute approximate surface area is 213 Å². The zero-order chi connectivity index (χ0) is 25.9. The van der Waals surface area contributed by atoms with Gasteiger partial charge in [0.25, 0.3) is 15.9 Å². The predicted molar refractivity (Wildman–Crippen MR) is 131 cm³/mol. The first-order valence-corrected chi connectivity index (χ1v) is 12.7. The summed E-state index contributed by atoms with van der Waals surface area (Å²) in [6.07, 6.45) is -0.0411. The van der Waals surface area contributed by atoms with Crippen LogP contribution in [0.3, 0.4) is 0 Å². The smallest absolute Gasteiger partial charge is 0.324 e. The number of hydrogen-bond acceptors (Lipinski definition) is 7. The van der Waals surface area contributed by atoms with E-state index < -0.39 is 40.3 Å². The maximum Gasteiger partial charge on any atom is 0.324 e. The molecule has 1 atom stereocenters. The summed E-state index contributed by atoms with van der Waals surface area (Å²) < 4.78 is 32.7. The van der Waals surface area contributed by atoms with E-state index in [-0.39, 0.29) is 35.1 Å². The summed E-state index contributed by atoms with van der Waals surface area (Å²) in [7, 11) is -3.07. The van der Waals surface area contributed by atoms with Crippen LogP contribution in [0, 0.1) is 5.92 Å². The number of hydrogen-bond donors (Lipinski definition) is 2. The van der Waals surface area contributed by atoms with Gasteiger partial charge in [0.05, 0.1) is 28.6 Å². The first kappa shape index (κ1) is 26.6. The van der Waals surface area contributed by atoms with Gasteiger partial charge in [-0.3, -0.25) is 14.5 Å². The van der Waals surface area contributed by atoms with E-state index in [4.69, 9.17) is 33.7 Å². The van der Waals surface area contributed by atoms with Crippen molar-refractivity contribution >= 4 is 56.8 Å². The fourth-order valence-electron chi connectivity index (χ4n) is 3.67. The highest BCUT2D eigenvalue weighted by Gasteiger charge is 2.42. The van der Waals surface area contributed by atoms with Gasteiger partial charge in [-0.25, -0.2) is 17.5 Å². The lowest BCUT2D eigenvalue weighted by Gasteiger charge is -2.24. The molecule has 1 unspecified atom stereocenters. The molecule has 0 radical (unpaired) electrons. The minimum absolute atomic E-state index is 0.00879. The minimum atomic E-state index is -4.51. The molecule has 2 aromatic rings. The fourth-order valence-corrected chi connectivity index (χ4v) is 5.42. The van der Waals surface area contributed by atoms with Gasteiger partial charge in [-0.1, -0.05) is 23.2 Å². The van der Waals surface area contributed by atoms with E-state index in [2.05, 4.69) is 5.32 Å². The number of sulfonamides is 1. The van der Waals surface area contributed by atoms with Gasteiger partial charge < -0.3 is 15.8 Å². The van der Waals surface area contributed by atoms with Crippen molar-refractivity contribution in [2.24, 2.45) is 5.92 Å². The molecule has 3 rings (SSSR count). The fraction of sp³-hybridized carbons (Fsp3) is 0.318. The molecule has 35 heavy (non-hydrogen) atoms. The van der Waals surface area contributed by atoms with Gasteiger partial charge in [-0.2, -0.15) is 0 Å². The maximum absolute atomic E-state index is 13.6. The molecule has 188 valence electrons. The SMILES string of the molecule is CCNC(=O)N1CC(Cc2cc(Cl)ccc2OC)C(=O)N(S(=O)(=O)c2ccc(Cl)c(N)c2)CC1=O. The number of nitrogen functional groups attached to an aromatic ring is 1. The Balaban J connectivity index is 2.08. The van der Waals surface area contributed by atoms with Crippen LogP contribution in [-0.4, -0.2) is 62.2 Å². The number of rotatable bonds is 6. The van der Waals surface area contributed by atoms with Crippen LogP contribution in [0.2, 0.25) is 10.0 Å². The molecule has 1 aliphatic rings. The summed E-state index contributed by atoms with van der Waals surface area (Å²) in [5.74, 6) is -2.39. The molecule has 0 bridgehead atoms. The van der Waals surface area contributed by atoms with E-state index in [1.807, 2.05) is 0 Å². The first-order chi connectivity index (χ1) is 16.5. The van der Waals surface area contributed by atoms with Crippen LogP contribution in [0.4, 0.5) is 10.5 Å². The third-order valence-electron chi connectivity index (χ3n) is 5.42. The molecule has 4 amide bonds. The number of nitrogens with two attached hydrogens (primary N) is 1. The highest BCUT2D eigenvalue weighted by molar-refractivity contribution is 7.89. The molecule has 1 heterocycles. The average Bonchev–Trinajstić information content (AvgIpc) is 2.93. The summed E-state index contributed by atoms with van der Waals surface area (Å²) in [5.41, 5.74) is 6.26. The lowest BCUT2D eigenvalue weighted by atomic mass is 9.97. The molecule has 1 fully saturated rings. The molecule has 3 N–H and O–H groups in total. The van der Waals surface area contributed by atoms with E-state index in [0.29, 0.717) is 20.6 Å². The second kappa shape index (κ2) is 10.7. The number of urea groups is 1. The van der Waals surface area contributed by atoms with Crippen molar-refractivity contribution in [3.8, 4) is 5.75 Å². The number of ether oxygens (including phenoxy) is 1. The molecule has 13 heteroatoms. The van der Waals surface area contributed by atoms with Gasteiger partial charge in [0.15, 0.2) is 0 Å². The summed E-state index contributed by atoms with van der Waals surface area (Å²) >= 11 is 12.0. The Bertz CT molecular complexity index is 1270. The Morgan fingerprint density at radius 2 is 1.91 bits per heavy atom. The van der Waals surface area contributed by atoms with Crippen molar-refractivity contribution in [2.75, 3.05) is 32.5 Å². The van der Waals surface area contributed by atoms with E-state index in [9.17, 15) is 22.8 Å². The standard InChI is InChI=1S/C22H24Cl2N4O6S/c1-3-26-22(31)27-11-14(8-13-9-15(23)4-7-19(13)34-2)21(30)28(12-20(27)29)35(32,33)16-5-6-17(24)18(25)10-16/h4-7,9-10,14H,3,8,11-12,25H2,1-2H3,(H,26,31). The Morgan fingerprint density at radius 1 is 1.20 bits per heavy atom. The number of halogens is 2. The van der Waals surface area contributed by atoms with Gasteiger partial charge in [0, 0.05) is 18.1 Å². The monoisotopic (exact) mass is 542 g/mol. The van der Waals surface area contributed by atoms with Crippen molar-refractivity contribution in [1.29, 1.82) is 0 Å². The molecule has 2 aromatic carbocycles. The first-order valence-electron chi connectivity index (χ1n) is 10.5. The highest BCUT2D eigenvalue weighted by atomic mass is 35.5. The number of carbonyl (C=O) groups excluding carboxylic acids is 3. The summed E-state index contributed by atoms with van der Waals surface area (Å²) in [5, 5.41) is 3.02. The summed E-state index contributed by atoms with van der Waals surface area (Å²) in [6, 6.07) is 7.63. The van der Waals surface area contributed by atoms with E-state index in [0.717, 1.165) is 11.0 Å². The number of nitrogens with one attached hydrogen (secondary N) is 1. The highest BCUT2D eigenvalue weighted by Crippen LogP contribution is 2.30. The van der Waals surface area contributed by atoms with E-state index >= 15 is 0 Å². The lowest BCUT2D eigenvalue weighted by molar-refractivity contribution is -0.132. The molecule has 0 spiro atoms. The lowest BCUT2D eigenvalue weighted by Crippen LogP contribution is -2.47. The summed E-state index contributed by atoms with van der Waals surface area (Å²) in [4.78, 5) is 39.7. The molecular weight excluding hydrogens is 519 g/mol. The molecule has 1 saturated heterocycles. The number of anilines is 1. The van der Waals surface area contributed by atoms with Crippen molar-refractivity contribution in [3.05, 3.63) is 52.0 Å². The third-order valence-corrected chi connectivity index (χ3v) is 7.73. The van der Waals surface area contributed by atoms with Crippen LogP contribution in [0.15, 0.2) is 41.3 Å². The van der Waals surface area contributed by atoms with Gasteiger partial charge in [0.2, 0.25) is 5.91 Å².